The number of nitrogens with zero attached hydrogens (tertiary/aromatic N) is 4. The summed E-state index contributed by atoms with van der Waals surface area (Å²) in [4.78, 5) is 48.6. The molecule has 6 rings (SSSR count). The predicted molar refractivity (Wildman–Crippen MR) is 175 cm³/mol. The number of hydrogen-bond donors (Lipinski definition) is 4. The van der Waals surface area contributed by atoms with Gasteiger partial charge in [0.25, 0.3) is 0 Å². The van der Waals surface area contributed by atoms with Crippen molar-refractivity contribution in [2.24, 2.45) is 11.8 Å². The number of carbonyl (C=O) groups is 2. The van der Waals surface area contributed by atoms with Crippen molar-refractivity contribution in [2.75, 3.05) is 29.9 Å². The lowest BCUT2D eigenvalue weighted by molar-refractivity contribution is -0.192. The number of H-pyrrole nitrogens is 1. The van der Waals surface area contributed by atoms with Crippen molar-refractivity contribution in [1.82, 2.24) is 19.5 Å². The number of aryl methyl sites for hydroxylation is 1. The second-order valence-electron chi connectivity index (χ2n) is 11.8. The van der Waals surface area contributed by atoms with Crippen molar-refractivity contribution in [3.05, 3.63) is 94.5 Å². The molecule has 4 N–H and O–H groups in total. The molecule has 5 aromatic rings. The number of halogens is 3. The highest BCUT2D eigenvalue weighted by Crippen LogP contribution is 2.25. The van der Waals surface area contributed by atoms with Crippen LogP contribution in [0.3, 0.4) is 0 Å². The number of hydrogen-bond acceptors (Lipinski definition) is 7. The van der Waals surface area contributed by atoms with Gasteiger partial charge in [-0.3, -0.25) is 9.36 Å². The second kappa shape index (κ2) is 14.6. The smallest absolute Gasteiger partial charge is 0.481 e. The van der Waals surface area contributed by atoms with Gasteiger partial charge in [0.15, 0.2) is 0 Å². The molecule has 252 valence electrons. The number of aromatic nitrogens is 4. The Bertz CT molecular complexity index is 1930. The highest BCUT2D eigenvalue weighted by molar-refractivity contribution is 5.83. The molecular weight excluding hydrogens is 629 g/mol. The summed E-state index contributed by atoms with van der Waals surface area (Å²) in [5.41, 5.74) is 3.36. The van der Waals surface area contributed by atoms with E-state index in [2.05, 4.69) is 25.2 Å². The van der Waals surface area contributed by atoms with Gasteiger partial charge in [0.05, 0.1) is 17.0 Å². The summed E-state index contributed by atoms with van der Waals surface area (Å²) in [6.45, 7) is 4.46. The first-order valence-corrected chi connectivity index (χ1v) is 15.4. The van der Waals surface area contributed by atoms with Crippen LogP contribution >= 0.6 is 0 Å². The first kappa shape index (κ1) is 33.9. The van der Waals surface area contributed by atoms with Gasteiger partial charge in [0, 0.05) is 37.9 Å². The van der Waals surface area contributed by atoms with Crippen LogP contribution in [0.1, 0.15) is 24.0 Å². The zero-order valence-corrected chi connectivity index (χ0v) is 26.1. The standard InChI is InChI=1S/C32H34N6O3.C2HF3O2/c1-21-19-38(20-26(30(39)40)17-23-10-11-24-6-2-3-7-25(24)16-23)32(41)36-29(21)37-14-12-22(13-15-37)18-33-31-34-27-8-4-5-9-28(27)35-31;3-2(4,5)1(6)7/h2-11,16,19,22,26H,12-15,17-18,20H2,1H3,(H,39,40)(H2,33,34,35);(H,6,7). The fraction of sp³-hybridized carbons (Fsp3) is 0.324. The fourth-order valence-corrected chi connectivity index (χ4v) is 5.78. The molecule has 0 saturated carbocycles. The van der Waals surface area contributed by atoms with E-state index >= 15 is 0 Å². The van der Waals surface area contributed by atoms with Crippen LogP contribution in [-0.2, 0) is 22.6 Å². The Morgan fingerprint density at radius 3 is 2.33 bits per heavy atom. The first-order chi connectivity index (χ1) is 22.9. The topological polar surface area (TPSA) is 153 Å². The lowest BCUT2D eigenvalue weighted by Gasteiger charge is -2.33. The van der Waals surface area contributed by atoms with Gasteiger partial charge in [-0.2, -0.15) is 18.2 Å². The fourth-order valence-electron chi connectivity index (χ4n) is 5.78. The number of carboxylic acids is 2. The quantitative estimate of drug-likeness (QED) is 0.160. The van der Waals surface area contributed by atoms with Crippen LogP contribution < -0.4 is 15.9 Å². The zero-order valence-electron chi connectivity index (χ0n) is 26.1. The number of aliphatic carboxylic acids is 2. The summed E-state index contributed by atoms with van der Waals surface area (Å²) in [5.74, 6) is -2.45. The SMILES string of the molecule is Cc1cn(CC(Cc2ccc3ccccc3c2)C(=O)O)c(=O)nc1N1CCC(CNc2nc3ccccc3[nH]2)CC1.O=C(O)C(F)(F)F. The molecule has 3 aromatic carbocycles. The normalized spacial score (nSPS) is 14.4. The lowest BCUT2D eigenvalue weighted by atomic mass is 9.96. The summed E-state index contributed by atoms with van der Waals surface area (Å²) in [7, 11) is 0. The van der Waals surface area contributed by atoms with Gasteiger partial charge in [-0.1, -0.05) is 54.6 Å². The number of alkyl halides is 3. The molecule has 1 aliphatic rings. The number of rotatable bonds is 9. The number of aromatic amines is 1. The van der Waals surface area contributed by atoms with Gasteiger partial charge in [0.1, 0.15) is 5.82 Å². The third kappa shape index (κ3) is 8.49. The van der Waals surface area contributed by atoms with E-state index in [0.717, 1.165) is 71.4 Å². The molecule has 0 aliphatic carbocycles. The molecule has 1 saturated heterocycles. The molecular formula is C34H35F3N6O5. The van der Waals surface area contributed by atoms with Crippen LogP contribution in [0, 0.1) is 18.8 Å². The Labute approximate surface area is 273 Å². The summed E-state index contributed by atoms with van der Waals surface area (Å²) in [6.07, 6.45) is -1.03. The predicted octanol–water partition coefficient (Wildman–Crippen LogP) is 5.49. The number of benzene rings is 3. The van der Waals surface area contributed by atoms with Gasteiger partial charge in [-0.05, 0) is 60.6 Å². The molecule has 11 nitrogen and oxygen atoms in total. The van der Waals surface area contributed by atoms with Crippen LogP contribution in [0.15, 0.2) is 77.7 Å². The van der Waals surface area contributed by atoms with E-state index in [-0.39, 0.29) is 6.54 Å². The summed E-state index contributed by atoms with van der Waals surface area (Å²) in [6, 6.07) is 22.0. The maximum atomic E-state index is 13.0. The Kier molecular flexibility index (Phi) is 10.3. The summed E-state index contributed by atoms with van der Waals surface area (Å²) < 4.78 is 33.2. The van der Waals surface area contributed by atoms with E-state index in [0.29, 0.717) is 18.2 Å². The van der Waals surface area contributed by atoms with Crippen molar-refractivity contribution < 1.29 is 33.0 Å². The Balaban J connectivity index is 0.000000582. The molecule has 2 aromatic heterocycles. The molecule has 0 spiro atoms. The van der Waals surface area contributed by atoms with Gasteiger partial charge in [-0.25, -0.2) is 14.6 Å². The maximum Gasteiger partial charge on any atom is 0.490 e. The molecule has 1 atom stereocenters. The largest absolute Gasteiger partial charge is 0.490 e. The molecule has 14 heteroatoms. The highest BCUT2D eigenvalue weighted by atomic mass is 19.4. The summed E-state index contributed by atoms with van der Waals surface area (Å²) in [5, 5.41) is 22.7. The highest BCUT2D eigenvalue weighted by Gasteiger charge is 2.38. The number of imidazole rings is 1. The third-order valence-electron chi connectivity index (χ3n) is 8.32. The third-order valence-corrected chi connectivity index (χ3v) is 8.32. The van der Waals surface area contributed by atoms with Gasteiger partial charge in [0.2, 0.25) is 5.95 Å². The van der Waals surface area contributed by atoms with E-state index < -0.39 is 29.7 Å². The molecule has 1 fully saturated rings. The number of fused-ring (bicyclic) bond motifs is 2. The van der Waals surface area contributed by atoms with Crippen LogP contribution in [0.2, 0.25) is 0 Å². The minimum atomic E-state index is -5.08. The summed E-state index contributed by atoms with van der Waals surface area (Å²) >= 11 is 0. The molecule has 0 radical (unpaired) electrons. The van der Waals surface area contributed by atoms with E-state index in [1.54, 1.807) is 6.20 Å². The van der Waals surface area contributed by atoms with Crippen molar-refractivity contribution in [1.29, 1.82) is 0 Å². The van der Waals surface area contributed by atoms with E-state index in [4.69, 9.17) is 9.90 Å². The lowest BCUT2D eigenvalue weighted by Crippen LogP contribution is -2.39. The average Bonchev–Trinajstić information content (AvgIpc) is 3.48. The molecule has 1 unspecified atom stereocenters. The maximum absolute atomic E-state index is 13.0. The van der Waals surface area contributed by atoms with E-state index in [1.165, 1.54) is 4.57 Å². The molecule has 1 aliphatic heterocycles. The van der Waals surface area contributed by atoms with E-state index in [1.807, 2.05) is 73.7 Å². The van der Waals surface area contributed by atoms with Crippen LogP contribution in [-0.4, -0.2) is 67.5 Å². The Hall–Kier alpha value is -5.40. The van der Waals surface area contributed by atoms with Crippen molar-refractivity contribution in [2.45, 2.75) is 38.9 Å². The minimum Gasteiger partial charge on any atom is -0.481 e. The van der Waals surface area contributed by atoms with Gasteiger partial charge in [-0.15, -0.1) is 0 Å². The van der Waals surface area contributed by atoms with Crippen molar-refractivity contribution in [3.63, 3.8) is 0 Å². The number of para-hydroxylation sites is 2. The number of carboxylic acid groups (broad SMARTS) is 2. The number of nitrogens with one attached hydrogen (secondary N) is 2. The first-order valence-electron chi connectivity index (χ1n) is 15.4. The van der Waals surface area contributed by atoms with Gasteiger partial charge < -0.3 is 25.4 Å². The average molecular weight is 665 g/mol. The van der Waals surface area contributed by atoms with Crippen LogP contribution in [0.25, 0.3) is 21.8 Å². The van der Waals surface area contributed by atoms with Gasteiger partial charge >= 0.3 is 23.8 Å². The van der Waals surface area contributed by atoms with Crippen molar-refractivity contribution in [3.8, 4) is 0 Å². The zero-order chi connectivity index (χ0) is 34.4. The number of anilines is 2. The Morgan fingerprint density at radius 1 is 1.00 bits per heavy atom. The molecule has 3 heterocycles. The van der Waals surface area contributed by atoms with Crippen LogP contribution in [0.4, 0.5) is 24.9 Å². The van der Waals surface area contributed by atoms with Crippen LogP contribution in [0.5, 0.6) is 0 Å². The number of piperidine rings is 1. The molecule has 0 bridgehead atoms. The molecule has 0 amide bonds. The Morgan fingerprint density at radius 2 is 1.67 bits per heavy atom. The van der Waals surface area contributed by atoms with Crippen molar-refractivity contribution >= 4 is 45.5 Å². The monoisotopic (exact) mass is 664 g/mol. The molecule has 48 heavy (non-hydrogen) atoms. The minimum absolute atomic E-state index is 0.0741. The second-order valence-corrected chi connectivity index (χ2v) is 11.8. The van der Waals surface area contributed by atoms with E-state index in [9.17, 15) is 27.9 Å².